The van der Waals surface area contributed by atoms with E-state index in [-0.39, 0.29) is 0 Å². The number of anilines is 1. The maximum absolute atomic E-state index is 5.88. The van der Waals surface area contributed by atoms with Gasteiger partial charge in [-0.25, -0.2) is 9.97 Å². The molecule has 0 radical (unpaired) electrons. The molecule has 0 aliphatic carbocycles. The molecule has 3 heterocycles. The van der Waals surface area contributed by atoms with Gasteiger partial charge in [0.05, 0.1) is 12.2 Å². The largest absolute Gasteiger partial charge is 0.375 e. The third-order valence-corrected chi connectivity index (χ3v) is 3.54. The number of nitrogens with zero attached hydrogens (tertiary/aromatic N) is 3. The lowest BCUT2D eigenvalue weighted by atomic mass is 9.93. The molecule has 4 heteroatoms. The summed E-state index contributed by atoms with van der Waals surface area (Å²) in [6.45, 7) is 4.22. The number of hydrogen-bond acceptors (Lipinski definition) is 4. The zero-order valence-corrected chi connectivity index (χ0v) is 9.54. The van der Waals surface area contributed by atoms with Crippen LogP contribution in [0.3, 0.4) is 0 Å². The van der Waals surface area contributed by atoms with Crippen molar-refractivity contribution in [1.29, 1.82) is 0 Å². The van der Waals surface area contributed by atoms with Crippen LogP contribution in [-0.4, -0.2) is 35.3 Å². The standard InChI is InChI=1S/C12H17N3O/c1-9-7-10-8-15(6-3-11(10)16-9)12-13-4-2-5-14-12/h2,4-5,9-11H,3,6-8H2,1H3/t9-,10-,11-/m1/s1. The second kappa shape index (κ2) is 4.01. The Morgan fingerprint density at radius 3 is 3.00 bits per heavy atom. The van der Waals surface area contributed by atoms with E-state index in [0.29, 0.717) is 18.1 Å². The smallest absolute Gasteiger partial charge is 0.225 e. The molecule has 0 amide bonds. The Morgan fingerprint density at radius 2 is 2.19 bits per heavy atom. The van der Waals surface area contributed by atoms with Crippen LogP contribution in [0.15, 0.2) is 18.5 Å². The predicted octanol–water partition coefficient (Wildman–Crippen LogP) is 1.48. The van der Waals surface area contributed by atoms with Gasteiger partial charge in [0.2, 0.25) is 5.95 Å². The summed E-state index contributed by atoms with van der Waals surface area (Å²) in [5.74, 6) is 1.52. The van der Waals surface area contributed by atoms with Crippen molar-refractivity contribution < 1.29 is 4.74 Å². The lowest BCUT2D eigenvalue weighted by Gasteiger charge is -2.33. The Kier molecular flexibility index (Phi) is 2.52. The van der Waals surface area contributed by atoms with E-state index in [0.717, 1.165) is 25.5 Å². The van der Waals surface area contributed by atoms with Gasteiger partial charge < -0.3 is 9.64 Å². The average Bonchev–Trinajstić information content (AvgIpc) is 2.69. The molecule has 0 aromatic carbocycles. The zero-order chi connectivity index (χ0) is 11.0. The first-order valence-corrected chi connectivity index (χ1v) is 6.00. The maximum Gasteiger partial charge on any atom is 0.225 e. The maximum atomic E-state index is 5.88. The highest BCUT2D eigenvalue weighted by Gasteiger charge is 2.37. The molecule has 0 unspecified atom stereocenters. The van der Waals surface area contributed by atoms with Crippen molar-refractivity contribution in [3.8, 4) is 0 Å². The molecule has 3 atom stereocenters. The molecular weight excluding hydrogens is 202 g/mol. The Labute approximate surface area is 95.7 Å². The van der Waals surface area contributed by atoms with E-state index in [1.807, 2.05) is 18.5 Å². The number of aromatic nitrogens is 2. The minimum atomic E-state index is 0.423. The van der Waals surface area contributed by atoms with Crippen LogP contribution in [0.1, 0.15) is 19.8 Å². The summed E-state index contributed by atoms with van der Waals surface area (Å²) in [4.78, 5) is 10.9. The van der Waals surface area contributed by atoms with Gasteiger partial charge in [0.1, 0.15) is 0 Å². The van der Waals surface area contributed by atoms with E-state index < -0.39 is 0 Å². The quantitative estimate of drug-likeness (QED) is 0.717. The van der Waals surface area contributed by atoms with Crippen LogP contribution >= 0.6 is 0 Å². The van der Waals surface area contributed by atoms with Gasteiger partial charge in [-0.15, -0.1) is 0 Å². The van der Waals surface area contributed by atoms with Crippen LogP contribution < -0.4 is 4.90 Å². The van der Waals surface area contributed by atoms with Crippen LogP contribution in [0, 0.1) is 5.92 Å². The molecule has 4 nitrogen and oxygen atoms in total. The normalized spacial score (nSPS) is 33.8. The van der Waals surface area contributed by atoms with Gasteiger partial charge >= 0.3 is 0 Å². The lowest BCUT2D eigenvalue weighted by molar-refractivity contribution is 0.0345. The molecule has 1 aromatic heterocycles. The first-order valence-electron chi connectivity index (χ1n) is 6.00. The molecule has 0 N–H and O–H groups in total. The van der Waals surface area contributed by atoms with Crippen LogP contribution in [0.25, 0.3) is 0 Å². The third kappa shape index (κ3) is 1.78. The predicted molar refractivity (Wildman–Crippen MR) is 61.3 cm³/mol. The van der Waals surface area contributed by atoms with Crippen LogP contribution in [0.5, 0.6) is 0 Å². The number of rotatable bonds is 1. The number of fused-ring (bicyclic) bond motifs is 1. The summed E-state index contributed by atoms with van der Waals surface area (Å²) in [6, 6.07) is 1.86. The number of piperidine rings is 1. The SMILES string of the molecule is C[C@@H]1C[C@@H]2CN(c3ncccn3)CC[C@H]2O1. The van der Waals surface area contributed by atoms with Crippen LogP contribution in [0.2, 0.25) is 0 Å². The van der Waals surface area contributed by atoms with Gasteiger partial charge in [-0.2, -0.15) is 0 Å². The summed E-state index contributed by atoms with van der Waals surface area (Å²) in [5, 5.41) is 0. The Bertz CT molecular complexity index is 357. The molecular formula is C12H17N3O. The van der Waals surface area contributed by atoms with Crippen molar-refractivity contribution in [2.75, 3.05) is 18.0 Å². The molecule has 0 bridgehead atoms. The highest BCUT2D eigenvalue weighted by molar-refractivity contribution is 5.29. The number of hydrogen-bond donors (Lipinski definition) is 0. The molecule has 2 saturated heterocycles. The molecule has 0 saturated carbocycles. The molecule has 2 aliphatic rings. The van der Waals surface area contributed by atoms with E-state index in [1.54, 1.807) is 0 Å². The van der Waals surface area contributed by atoms with Crippen molar-refractivity contribution in [3.63, 3.8) is 0 Å². The Balaban J connectivity index is 1.72. The minimum absolute atomic E-state index is 0.423. The van der Waals surface area contributed by atoms with Gasteiger partial charge in [0.15, 0.2) is 0 Å². The molecule has 3 rings (SSSR count). The second-order valence-corrected chi connectivity index (χ2v) is 4.76. The van der Waals surface area contributed by atoms with Crippen LogP contribution in [-0.2, 0) is 4.74 Å². The van der Waals surface area contributed by atoms with Gasteiger partial charge in [-0.05, 0) is 25.8 Å². The monoisotopic (exact) mass is 219 g/mol. The van der Waals surface area contributed by atoms with E-state index in [1.165, 1.54) is 6.42 Å². The van der Waals surface area contributed by atoms with E-state index >= 15 is 0 Å². The highest BCUT2D eigenvalue weighted by atomic mass is 16.5. The van der Waals surface area contributed by atoms with Crippen molar-refractivity contribution in [1.82, 2.24) is 9.97 Å². The Morgan fingerprint density at radius 1 is 1.38 bits per heavy atom. The van der Waals surface area contributed by atoms with E-state index in [4.69, 9.17) is 4.74 Å². The summed E-state index contributed by atoms with van der Waals surface area (Å²) in [5.41, 5.74) is 0. The highest BCUT2D eigenvalue weighted by Crippen LogP contribution is 2.33. The van der Waals surface area contributed by atoms with Crippen molar-refractivity contribution >= 4 is 5.95 Å². The summed E-state index contributed by atoms with van der Waals surface area (Å²) in [6.07, 6.45) is 6.78. The first kappa shape index (κ1) is 10.0. The molecule has 2 fully saturated rings. The van der Waals surface area contributed by atoms with Crippen molar-refractivity contribution in [2.24, 2.45) is 5.92 Å². The molecule has 16 heavy (non-hydrogen) atoms. The fourth-order valence-electron chi connectivity index (χ4n) is 2.83. The van der Waals surface area contributed by atoms with Crippen molar-refractivity contribution in [3.05, 3.63) is 18.5 Å². The summed E-state index contributed by atoms with van der Waals surface area (Å²) >= 11 is 0. The van der Waals surface area contributed by atoms with Gasteiger partial charge in [0.25, 0.3) is 0 Å². The topological polar surface area (TPSA) is 38.2 Å². The second-order valence-electron chi connectivity index (χ2n) is 4.76. The summed E-state index contributed by atoms with van der Waals surface area (Å²) < 4.78 is 5.88. The molecule has 86 valence electrons. The number of ether oxygens (including phenoxy) is 1. The molecule has 1 aromatic rings. The Hall–Kier alpha value is -1.16. The van der Waals surface area contributed by atoms with Crippen molar-refractivity contribution in [2.45, 2.75) is 32.0 Å². The van der Waals surface area contributed by atoms with E-state index in [9.17, 15) is 0 Å². The average molecular weight is 219 g/mol. The van der Waals surface area contributed by atoms with Gasteiger partial charge in [-0.3, -0.25) is 0 Å². The first-order chi connectivity index (χ1) is 7.83. The zero-order valence-electron chi connectivity index (χ0n) is 9.54. The van der Waals surface area contributed by atoms with E-state index in [2.05, 4.69) is 21.8 Å². The fourth-order valence-corrected chi connectivity index (χ4v) is 2.83. The third-order valence-electron chi connectivity index (χ3n) is 3.54. The van der Waals surface area contributed by atoms with Gasteiger partial charge in [0, 0.05) is 31.4 Å². The lowest BCUT2D eigenvalue weighted by Crippen LogP contribution is -2.42. The fraction of sp³-hybridized carbons (Fsp3) is 0.667. The minimum Gasteiger partial charge on any atom is -0.375 e. The van der Waals surface area contributed by atoms with Gasteiger partial charge in [-0.1, -0.05) is 0 Å². The molecule has 0 spiro atoms. The molecule has 2 aliphatic heterocycles. The van der Waals surface area contributed by atoms with Crippen LogP contribution in [0.4, 0.5) is 5.95 Å². The summed E-state index contributed by atoms with van der Waals surface area (Å²) in [7, 11) is 0.